The topological polar surface area (TPSA) is 69.0 Å². The number of amides is 1. The van der Waals surface area contributed by atoms with Gasteiger partial charge in [-0.15, -0.1) is 0 Å². The molecule has 94 valence electrons. The lowest BCUT2D eigenvalue weighted by Gasteiger charge is -2.21. The molecule has 0 bridgehead atoms. The van der Waals surface area contributed by atoms with Crippen LogP contribution in [-0.4, -0.2) is 34.9 Å². The lowest BCUT2D eigenvalue weighted by atomic mass is 10.2. The summed E-state index contributed by atoms with van der Waals surface area (Å²) in [5.41, 5.74) is 1.10. The van der Waals surface area contributed by atoms with Crippen LogP contribution in [0.25, 0.3) is 0 Å². The van der Waals surface area contributed by atoms with Gasteiger partial charge >= 0.3 is 0 Å². The Labute approximate surface area is 106 Å². The van der Waals surface area contributed by atoms with Crippen LogP contribution < -0.4 is 5.32 Å². The molecule has 1 saturated heterocycles. The number of carbonyl (C=O) groups is 1. The molecule has 0 spiro atoms. The Balaban J connectivity index is 1.99. The third-order valence-electron chi connectivity index (χ3n) is 3.05. The first-order chi connectivity index (χ1) is 8.70. The Kier molecular flexibility index (Phi) is 3.78. The van der Waals surface area contributed by atoms with Crippen LogP contribution in [0.5, 0.6) is 0 Å². The number of hydrogen-bond acceptors (Lipinski definition) is 4. The molecule has 0 aromatic carbocycles. The van der Waals surface area contributed by atoms with Crippen LogP contribution in [0, 0.1) is 11.3 Å². The van der Waals surface area contributed by atoms with Crippen LogP contribution >= 0.6 is 0 Å². The SMILES string of the molecule is CC(Nc1ccnc(C#N)c1)C(=O)N1CCCC1. The van der Waals surface area contributed by atoms with Crippen LogP contribution in [0.4, 0.5) is 5.69 Å². The first-order valence-electron chi connectivity index (χ1n) is 6.12. The second kappa shape index (κ2) is 5.50. The lowest BCUT2D eigenvalue weighted by Crippen LogP contribution is -2.39. The van der Waals surface area contributed by atoms with Crippen LogP contribution in [0.3, 0.4) is 0 Å². The minimum Gasteiger partial charge on any atom is -0.374 e. The van der Waals surface area contributed by atoms with E-state index in [2.05, 4.69) is 10.3 Å². The monoisotopic (exact) mass is 244 g/mol. The molecule has 0 radical (unpaired) electrons. The van der Waals surface area contributed by atoms with Crippen molar-refractivity contribution < 1.29 is 4.79 Å². The molecule has 1 aliphatic rings. The zero-order valence-electron chi connectivity index (χ0n) is 10.4. The standard InChI is InChI=1S/C13H16N4O/c1-10(13(18)17-6-2-3-7-17)16-11-4-5-15-12(8-11)9-14/h4-5,8,10H,2-3,6-7H2,1H3,(H,15,16). The lowest BCUT2D eigenvalue weighted by molar-refractivity contribution is -0.130. The number of nitrogens with one attached hydrogen (secondary N) is 1. The molecule has 1 fully saturated rings. The molecule has 1 amide bonds. The Morgan fingerprint density at radius 2 is 2.28 bits per heavy atom. The van der Waals surface area contributed by atoms with Gasteiger partial charge in [-0.25, -0.2) is 4.98 Å². The highest BCUT2D eigenvalue weighted by molar-refractivity contribution is 5.84. The molecule has 2 heterocycles. The van der Waals surface area contributed by atoms with E-state index in [0.29, 0.717) is 5.69 Å². The van der Waals surface area contributed by atoms with Crippen molar-refractivity contribution in [2.75, 3.05) is 18.4 Å². The van der Waals surface area contributed by atoms with Gasteiger partial charge < -0.3 is 10.2 Å². The fourth-order valence-electron chi connectivity index (χ4n) is 2.10. The van der Waals surface area contributed by atoms with Gasteiger partial charge in [-0.05, 0) is 31.9 Å². The Hall–Kier alpha value is -2.09. The van der Waals surface area contributed by atoms with Gasteiger partial charge in [-0.1, -0.05) is 0 Å². The van der Waals surface area contributed by atoms with Crippen molar-refractivity contribution in [1.29, 1.82) is 5.26 Å². The summed E-state index contributed by atoms with van der Waals surface area (Å²) < 4.78 is 0. The maximum atomic E-state index is 12.1. The van der Waals surface area contributed by atoms with Gasteiger partial charge in [0, 0.05) is 25.0 Å². The number of hydrogen-bond donors (Lipinski definition) is 1. The van der Waals surface area contributed by atoms with Crippen molar-refractivity contribution in [1.82, 2.24) is 9.88 Å². The van der Waals surface area contributed by atoms with Gasteiger partial charge in [-0.3, -0.25) is 4.79 Å². The van der Waals surface area contributed by atoms with E-state index in [0.717, 1.165) is 31.6 Å². The molecule has 5 heteroatoms. The zero-order chi connectivity index (χ0) is 13.0. The Bertz CT molecular complexity index is 474. The maximum Gasteiger partial charge on any atom is 0.244 e. The summed E-state index contributed by atoms with van der Waals surface area (Å²) in [6, 6.07) is 5.10. The molecule has 1 atom stereocenters. The molecular formula is C13H16N4O. The normalized spacial score (nSPS) is 16.1. The van der Waals surface area contributed by atoms with Crippen LogP contribution in [0.2, 0.25) is 0 Å². The van der Waals surface area contributed by atoms with E-state index >= 15 is 0 Å². The van der Waals surface area contributed by atoms with E-state index in [1.165, 1.54) is 0 Å². The molecule has 0 saturated carbocycles. The number of nitrogens with zero attached hydrogens (tertiary/aromatic N) is 3. The number of carbonyl (C=O) groups excluding carboxylic acids is 1. The second-order valence-corrected chi connectivity index (χ2v) is 4.44. The minimum atomic E-state index is -0.281. The maximum absolute atomic E-state index is 12.1. The van der Waals surface area contributed by atoms with Crippen LogP contribution in [-0.2, 0) is 4.79 Å². The van der Waals surface area contributed by atoms with Gasteiger partial charge in [0.15, 0.2) is 0 Å². The van der Waals surface area contributed by atoms with E-state index in [-0.39, 0.29) is 11.9 Å². The van der Waals surface area contributed by atoms with Gasteiger partial charge in [0.05, 0.1) is 0 Å². The highest BCUT2D eigenvalue weighted by Gasteiger charge is 2.22. The Morgan fingerprint density at radius 1 is 1.56 bits per heavy atom. The van der Waals surface area contributed by atoms with Crippen molar-refractivity contribution in [3.63, 3.8) is 0 Å². The van der Waals surface area contributed by atoms with E-state index in [4.69, 9.17) is 5.26 Å². The fourth-order valence-corrected chi connectivity index (χ4v) is 2.10. The van der Waals surface area contributed by atoms with Crippen molar-refractivity contribution in [3.8, 4) is 6.07 Å². The first-order valence-corrected chi connectivity index (χ1v) is 6.12. The largest absolute Gasteiger partial charge is 0.374 e. The Morgan fingerprint density at radius 3 is 2.94 bits per heavy atom. The summed E-state index contributed by atoms with van der Waals surface area (Å²) in [6.07, 6.45) is 3.74. The van der Waals surface area contributed by atoms with Gasteiger partial charge in [0.25, 0.3) is 0 Å². The summed E-state index contributed by atoms with van der Waals surface area (Å²) in [7, 11) is 0. The average molecular weight is 244 g/mol. The summed E-state index contributed by atoms with van der Waals surface area (Å²) in [5, 5.41) is 11.9. The summed E-state index contributed by atoms with van der Waals surface area (Å²) >= 11 is 0. The summed E-state index contributed by atoms with van der Waals surface area (Å²) in [6.45, 7) is 3.54. The number of likely N-dealkylation sites (tertiary alicyclic amines) is 1. The van der Waals surface area contributed by atoms with E-state index < -0.39 is 0 Å². The third kappa shape index (κ3) is 2.77. The molecule has 1 aromatic heterocycles. The molecule has 1 unspecified atom stereocenters. The number of nitriles is 1. The second-order valence-electron chi connectivity index (χ2n) is 4.44. The minimum absolute atomic E-state index is 0.114. The smallest absolute Gasteiger partial charge is 0.244 e. The van der Waals surface area contributed by atoms with Crippen molar-refractivity contribution >= 4 is 11.6 Å². The summed E-state index contributed by atoms with van der Waals surface area (Å²) in [5.74, 6) is 0.114. The number of pyridine rings is 1. The quantitative estimate of drug-likeness (QED) is 0.872. The molecular weight excluding hydrogens is 228 g/mol. The number of anilines is 1. The molecule has 18 heavy (non-hydrogen) atoms. The predicted molar refractivity (Wildman–Crippen MR) is 67.9 cm³/mol. The van der Waals surface area contributed by atoms with Gasteiger partial charge in [-0.2, -0.15) is 5.26 Å². The molecule has 1 N–H and O–H groups in total. The van der Waals surface area contributed by atoms with Gasteiger partial charge in [0.2, 0.25) is 5.91 Å². The van der Waals surface area contributed by atoms with E-state index in [1.807, 2.05) is 17.9 Å². The van der Waals surface area contributed by atoms with Gasteiger partial charge in [0.1, 0.15) is 17.8 Å². The van der Waals surface area contributed by atoms with Crippen molar-refractivity contribution in [2.24, 2.45) is 0 Å². The molecule has 5 nitrogen and oxygen atoms in total. The van der Waals surface area contributed by atoms with E-state index in [9.17, 15) is 4.79 Å². The van der Waals surface area contributed by atoms with Crippen molar-refractivity contribution in [3.05, 3.63) is 24.0 Å². The molecule has 2 rings (SSSR count). The van der Waals surface area contributed by atoms with Crippen LogP contribution in [0.1, 0.15) is 25.5 Å². The molecule has 0 aliphatic carbocycles. The molecule has 1 aliphatic heterocycles. The fraction of sp³-hybridized carbons (Fsp3) is 0.462. The van der Waals surface area contributed by atoms with Crippen LogP contribution in [0.15, 0.2) is 18.3 Å². The molecule has 1 aromatic rings. The predicted octanol–water partition coefficient (Wildman–Crippen LogP) is 1.38. The summed E-state index contributed by atoms with van der Waals surface area (Å²) in [4.78, 5) is 17.9. The average Bonchev–Trinajstić information content (AvgIpc) is 2.92. The van der Waals surface area contributed by atoms with E-state index in [1.54, 1.807) is 18.3 Å². The third-order valence-corrected chi connectivity index (χ3v) is 3.05. The van der Waals surface area contributed by atoms with Crippen molar-refractivity contribution in [2.45, 2.75) is 25.8 Å². The number of rotatable bonds is 3. The highest BCUT2D eigenvalue weighted by Crippen LogP contribution is 2.13. The highest BCUT2D eigenvalue weighted by atomic mass is 16.2. The zero-order valence-corrected chi connectivity index (χ0v) is 10.4. The first kappa shape index (κ1) is 12.4. The number of aromatic nitrogens is 1.